The van der Waals surface area contributed by atoms with Crippen LogP contribution < -0.4 is 14.2 Å². The Bertz CT molecular complexity index is 554. The molecular weight excluding hydrogens is 264 g/mol. The fourth-order valence-electron chi connectivity index (χ4n) is 2.01. The van der Waals surface area contributed by atoms with Crippen molar-refractivity contribution in [1.82, 2.24) is 0 Å². The van der Waals surface area contributed by atoms with Crippen LogP contribution in [0.2, 0.25) is 0 Å². The molecule has 0 amide bonds. The molecule has 0 saturated heterocycles. The van der Waals surface area contributed by atoms with Crippen molar-refractivity contribution in [3.63, 3.8) is 0 Å². The SMILES string of the molecule is COc1cc(OCCCCl)c2ccccc2c1OC. The van der Waals surface area contributed by atoms with Crippen molar-refractivity contribution in [2.24, 2.45) is 0 Å². The lowest BCUT2D eigenvalue weighted by Crippen LogP contribution is -2.00. The van der Waals surface area contributed by atoms with Gasteiger partial charge in [0.25, 0.3) is 0 Å². The normalized spacial score (nSPS) is 10.5. The molecule has 0 radical (unpaired) electrons. The highest BCUT2D eigenvalue weighted by molar-refractivity contribution is 6.17. The molecule has 0 saturated carbocycles. The molecule has 2 rings (SSSR count). The van der Waals surface area contributed by atoms with Crippen LogP contribution in [0.1, 0.15) is 6.42 Å². The van der Waals surface area contributed by atoms with E-state index in [4.69, 9.17) is 25.8 Å². The van der Waals surface area contributed by atoms with E-state index in [1.165, 1.54) is 0 Å². The van der Waals surface area contributed by atoms with Crippen molar-refractivity contribution < 1.29 is 14.2 Å². The third kappa shape index (κ3) is 2.87. The van der Waals surface area contributed by atoms with Crippen LogP contribution in [0.4, 0.5) is 0 Å². The molecule has 0 aromatic heterocycles. The summed E-state index contributed by atoms with van der Waals surface area (Å²) >= 11 is 5.67. The molecule has 2 aromatic rings. The zero-order valence-corrected chi connectivity index (χ0v) is 11.9. The summed E-state index contributed by atoms with van der Waals surface area (Å²) in [6, 6.07) is 9.79. The molecule has 0 fully saturated rings. The predicted molar refractivity (Wildman–Crippen MR) is 77.9 cm³/mol. The highest BCUT2D eigenvalue weighted by atomic mass is 35.5. The van der Waals surface area contributed by atoms with Gasteiger partial charge in [0.15, 0.2) is 11.5 Å². The third-order valence-corrected chi connectivity index (χ3v) is 3.15. The Balaban J connectivity index is 2.50. The third-order valence-electron chi connectivity index (χ3n) is 2.88. The fraction of sp³-hybridized carbons (Fsp3) is 0.333. The van der Waals surface area contributed by atoms with Crippen LogP contribution in [0.15, 0.2) is 30.3 Å². The molecule has 4 heteroatoms. The van der Waals surface area contributed by atoms with Crippen LogP contribution in [-0.4, -0.2) is 26.7 Å². The van der Waals surface area contributed by atoms with E-state index >= 15 is 0 Å². The predicted octanol–water partition coefficient (Wildman–Crippen LogP) is 3.86. The molecule has 0 heterocycles. The lowest BCUT2D eigenvalue weighted by molar-refractivity contribution is 0.316. The standard InChI is InChI=1S/C15H17ClO3/c1-17-14-10-13(19-9-5-8-16)11-6-3-4-7-12(11)15(14)18-2/h3-4,6-7,10H,5,8-9H2,1-2H3. The zero-order chi connectivity index (χ0) is 13.7. The second-order valence-electron chi connectivity index (χ2n) is 4.05. The van der Waals surface area contributed by atoms with Crippen LogP contribution in [0.3, 0.4) is 0 Å². The Labute approximate surface area is 118 Å². The molecule has 3 nitrogen and oxygen atoms in total. The fourth-order valence-corrected chi connectivity index (χ4v) is 2.12. The van der Waals surface area contributed by atoms with Gasteiger partial charge in [0.05, 0.1) is 20.8 Å². The van der Waals surface area contributed by atoms with E-state index in [1.807, 2.05) is 30.3 Å². The molecule has 0 spiro atoms. The van der Waals surface area contributed by atoms with Gasteiger partial charge in [0.2, 0.25) is 0 Å². The van der Waals surface area contributed by atoms with Gasteiger partial charge in [0.1, 0.15) is 5.75 Å². The first kappa shape index (κ1) is 13.8. The number of ether oxygens (including phenoxy) is 3. The smallest absolute Gasteiger partial charge is 0.168 e. The average Bonchev–Trinajstić information content (AvgIpc) is 2.46. The number of hydrogen-bond acceptors (Lipinski definition) is 3. The summed E-state index contributed by atoms with van der Waals surface area (Å²) in [5.41, 5.74) is 0. The van der Waals surface area contributed by atoms with E-state index in [0.717, 1.165) is 28.7 Å². The zero-order valence-electron chi connectivity index (χ0n) is 11.1. The van der Waals surface area contributed by atoms with Crippen molar-refractivity contribution in [2.45, 2.75) is 6.42 Å². The number of halogens is 1. The summed E-state index contributed by atoms with van der Waals surface area (Å²) in [6.45, 7) is 0.586. The first-order chi connectivity index (χ1) is 9.31. The Morgan fingerprint density at radius 3 is 2.37 bits per heavy atom. The number of rotatable bonds is 6. The molecule has 102 valence electrons. The van der Waals surface area contributed by atoms with Crippen LogP contribution in [0.5, 0.6) is 17.2 Å². The van der Waals surface area contributed by atoms with Gasteiger partial charge in [-0.25, -0.2) is 0 Å². The minimum absolute atomic E-state index is 0.586. The van der Waals surface area contributed by atoms with Gasteiger partial charge in [0, 0.05) is 22.7 Å². The highest BCUT2D eigenvalue weighted by Crippen LogP contribution is 2.41. The van der Waals surface area contributed by atoms with Gasteiger partial charge in [-0.3, -0.25) is 0 Å². The van der Waals surface area contributed by atoms with E-state index in [-0.39, 0.29) is 0 Å². The number of hydrogen-bond donors (Lipinski definition) is 0. The molecule has 0 aliphatic heterocycles. The minimum Gasteiger partial charge on any atom is -0.493 e. The Hall–Kier alpha value is -1.61. The van der Waals surface area contributed by atoms with E-state index in [0.29, 0.717) is 18.2 Å². The quantitative estimate of drug-likeness (QED) is 0.594. The Morgan fingerprint density at radius 1 is 1.00 bits per heavy atom. The second-order valence-corrected chi connectivity index (χ2v) is 4.42. The van der Waals surface area contributed by atoms with E-state index in [2.05, 4.69) is 0 Å². The van der Waals surface area contributed by atoms with E-state index < -0.39 is 0 Å². The van der Waals surface area contributed by atoms with Crippen LogP contribution in [-0.2, 0) is 0 Å². The molecule has 0 atom stereocenters. The summed E-state index contributed by atoms with van der Waals surface area (Å²) in [5.74, 6) is 2.77. The van der Waals surface area contributed by atoms with Gasteiger partial charge in [-0.1, -0.05) is 24.3 Å². The first-order valence-corrected chi connectivity index (χ1v) is 6.67. The van der Waals surface area contributed by atoms with Crippen molar-refractivity contribution in [3.8, 4) is 17.2 Å². The van der Waals surface area contributed by atoms with Crippen molar-refractivity contribution in [3.05, 3.63) is 30.3 Å². The molecule has 2 aromatic carbocycles. The van der Waals surface area contributed by atoms with Crippen molar-refractivity contribution in [2.75, 3.05) is 26.7 Å². The van der Waals surface area contributed by atoms with Crippen molar-refractivity contribution >= 4 is 22.4 Å². The van der Waals surface area contributed by atoms with E-state index in [9.17, 15) is 0 Å². The summed E-state index contributed by atoms with van der Waals surface area (Å²) in [6.07, 6.45) is 0.810. The summed E-state index contributed by atoms with van der Waals surface area (Å²) in [7, 11) is 3.26. The summed E-state index contributed by atoms with van der Waals surface area (Å²) in [4.78, 5) is 0. The molecule has 0 aliphatic carbocycles. The minimum atomic E-state index is 0.586. The molecule has 0 unspecified atom stereocenters. The van der Waals surface area contributed by atoms with Gasteiger partial charge in [-0.2, -0.15) is 0 Å². The lowest BCUT2D eigenvalue weighted by atomic mass is 10.1. The molecule has 0 aliphatic rings. The largest absolute Gasteiger partial charge is 0.493 e. The van der Waals surface area contributed by atoms with E-state index in [1.54, 1.807) is 14.2 Å². The number of methoxy groups -OCH3 is 2. The van der Waals surface area contributed by atoms with Crippen LogP contribution >= 0.6 is 11.6 Å². The number of fused-ring (bicyclic) bond motifs is 1. The number of alkyl halides is 1. The highest BCUT2D eigenvalue weighted by Gasteiger charge is 2.13. The maximum Gasteiger partial charge on any atom is 0.168 e. The second kappa shape index (κ2) is 6.53. The van der Waals surface area contributed by atoms with Crippen LogP contribution in [0, 0.1) is 0 Å². The Morgan fingerprint density at radius 2 is 1.74 bits per heavy atom. The molecule has 0 bridgehead atoms. The molecule has 0 N–H and O–H groups in total. The van der Waals surface area contributed by atoms with Crippen LogP contribution in [0.25, 0.3) is 10.8 Å². The van der Waals surface area contributed by atoms with Gasteiger partial charge in [-0.15, -0.1) is 11.6 Å². The Kier molecular flexibility index (Phi) is 4.74. The topological polar surface area (TPSA) is 27.7 Å². The van der Waals surface area contributed by atoms with Gasteiger partial charge < -0.3 is 14.2 Å². The van der Waals surface area contributed by atoms with Gasteiger partial charge in [-0.05, 0) is 6.42 Å². The molecule has 19 heavy (non-hydrogen) atoms. The monoisotopic (exact) mass is 280 g/mol. The molecular formula is C15H17ClO3. The van der Waals surface area contributed by atoms with Gasteiger partial charge >= 0.3 is 0 Å². The lowest BCUT2D eigenvalue weighted by Gasteiger charge is -2.15. The summed E-state index contributed by atoms with van der Waals surface area (Å²) in [5, 5.41) is 1.99. The maximum atomic E-state index is 5.78. The average molecular weight is 281 g/mol. The number of benzene rings is 2. The maximum absolute atomic E-state index is 5.78. The van der Waals surface area contributed by atoms with Crippen molar-refractivity contribution in [1.29, 1.82) is 0 Å². The summed E-state index contributed by atoms with van der Waals surface area (Å²) < 4.78 is 16.6. The first-order valence-electron chi connectivity index (χ1n) is 6.14.